The first kappa shape index (κ1) is 12.9. The van der Waals surface area contributed by atoms with Crippen LogP contribution in [0.4, 0.5) is 5.82 Å². The molecule has 106 valence electrons. The minimum Gasteiger partial charge on any atom is -0.480 e. The minimum atomic E-state index is -0.766. The predicted molar refractivity (Wildman–Crippen MR) is 73.9 cm³/mol. The van der Waals surface area contributed by atoms with Crippen molar-refractivity contribution < 1.29 is 9.90 Å². The number of rotatable bonds is 3. The number of anilines is 1. The quantitative estimate of drug-likeness (QED) is 0.870. The minimum absolute atomic E-state index is 0.428. The van der Waals surface area contributed by atoms with Crippen LogP contribution >= 0.6 is 0 Å². The topological polar surface area (TPSA) is 74.0 Å². The SMILES string of the molecule is CC(C(=O)O)N1CCN(c2ccn3nccc3n2)CC1. The molecule has 1 fully saturated rings. The van der Waals surface area contributed by atoms with E-state index in [4.69, 9.17) is 5.11 Å². The van der Waals surface area contributed by atoms with Crippen LogP contribution in [0.2, 0.25) is 0 Å². The third-order valence-electron chi connectivity index (χ3n) is 3.79. The molecule has 1 aliphatic heterocycles. The first-order valence-corrected chi connectivity index (χ1v) is 6.67. The van der Waals surface area contributed by atoms with Gasteiger partial charge in [0.1, 0.15) is 11.9 Å². The Kier molecular flexibility index (Phi) is 3.27. The van der Waals surface area contributed by atoms with E-state index in [2.05, 4.69) is 15.0 Å². The normalized spacial score (nSPS) is 18.4. The van der Waals surface area contributed by atoms with Gasteiger partial charge in [-0.05, 0) is 13.0 Å². The van der Waals surface area contributed by atoms with Crippen molar-refractivity contribution in [2.24, 2.45) is 0 Å². The standard InChI is InChI=1S/C13H17N5O2/c1-10(13(19)20)16-6-8-17(9-7-16)11-3-5-18-12(15-11)2-4-14-18/h2-5,10H,6-9H2,1H3,(H,19,20). The number of aliphatic carboxylic acids is 1. The highest BCUT2D eigenvalue weighted by Crippen LogP contribution is 2.15. The molecular formula is C13H17N5O2. The Morgan fingerprint density at radius 1 is 1.30 bits per heavy atom. The summed E-state index contributed by atoms with van der Waals surface area (Å²) in [6.45, 7) is 4.78. The van der Waals surface area contributed by atoms with Crippen molar-refractivity contribution in [1.82, 2.24) is 19.5 Å². The fourth-order valence-electron chi connectivity index (χ4n) is 2.47. The lowest BCUT2D eigenvalue weighted by atomic mass is 10.2. The largest absolute Gasteiger partial charge is 0.480 e. The van der Waals surface area contributed by atoms with Crippen LogP contribution in [-0.4, -0.2) is 62.8 Å². The predicted octanol–water partition coefficient (Wildman–Crippen LogP) is 0.324. The first-order valence-electron chi connectivity index (χ1n) is 6.67. The second-order valence-corrected chi connectivity index (χ2v) is 4.96. The molecule has 0 aliphatic carbocycles. The van der Waals surface area contributed by atoms with Crippen LogP contribution in [0.25, 0.3) is 5.65 Å². The molecule has 1 atom stereocenters. The van der Waals surface area contributed by atoms with Crippen LogP contribution in [-0.2, 0) is 4.79 Å². The van der Waals surface area contributed by atoms with Crippen LogP contribution in [0.15, 0.2) is 24.5 Å². The molecule has 3 rings (SSSR count). The molecule has 0 bridgehead atoms. The highest BCUT2D eigenvalue weighted by molar-refractivity contribution is 5.72. The molecule has 1 aliphatic rings. The second kappa shape index (κ2) is 5.09. The molecule has 1 saturated heterocycles. The van der Waals surface area contributed by atoms with E-state index in [1.54, 1.807) is 17.6 Å². The fourth-order valence-corrected chi connectivity index (χ4v) is 2.47. The van der Waals surface area contributed by atoms with Gasteiger partial charge in [0.05, 0.1) is 6.20 Å². The maximum Gasteiger partial charge on any atom is 0.320 e. The van der Waals surface area contributed by atoms with Gasteiger partial charge in [-0.3, -0.25) is 9.69 Å². The maximum atomic E-state index is 11.0. The number of carbonyl (C=O) groups is 1. The Bertz CT molecular complexity index is 618. The van der Waals surface area contributed by atoms with Gasteiger partial charge in [-0.25, -0.2) is 9.50 Å². The van der Waals surface area contributed by atoms with Gasteiger partial charge in [0.2, 0.25) is 0 Å². The van der Waals surface area contributed by atoms with Crippen molar-refractivity contribution in [3.05, 3.63) is 24.5 Å². The molecule has 1 unspecified atom stereocenters. The number of nitrogens with zero attached hydrogens (tertiary/aromatic N) is 5. The van der Waals surface area contributed by atoms with E-state index < -0.39 is 12.0 Å². The number of hydrogen-bond acceptors (Lipinski definition) is 5. The molecule has 2 aromatic heterocycles. The zero-order valence-corrected chi connectivity index (χ0v) is 11.3. The Balaban J connectivity index is 1.69. The van der Waals surface area contributed by atoms with Crippen LogP contribution in [0.3, 0.4) is 0 Å². The summed E-state index contributed by atoms with van der Waals surface area (Å²) in [6, 6.07) is 3.38. The van der Waals surface area contributed by atoms with E-state index >= 15 is 0 Å². The van der Waals surface area contributed by atoms with Gasteiger partial charge >= 0.3 is 5.97 Å². The maximum absolute atomic E-state index is 11.0. The number of piperazine rings is 1. The Labute approximate surface area is 116 Å². The fraction of sp³-hybridized carbons (Fsp3) is 0.462. The summed E-state index contributed by atoms with van der Waals surface area (Å²) in [5, 5.41) is 13.2. The van der Waals surface area contributed by atoms with Crippen LogP contribution < -0.4 is 4.90 Å². The number of hydrogen-bond donors (Lipinski definition) is 1. The zero-order chi connectivity index (χ0) is 14.1. The molecule has 0 spiro atoms. The highest BCUT2D eigenvalue weighted by Gasteiger charge is 2.25. The van der Waals surface area contributed by atoms with E-state index in [9.17, 15) is 4.79 Å². The number of carboxylic acids is 1. The van der Waals surface area contributed by atoms with E-state index in [0.29, 0.717) is 0 Å². The zero-order valence-electron chi connectivity index (χ0n) is 11.3. The molecule has 0 amide bonds. The molecule has 20 heavy (non-hydrogen) atoms. The van der Waals surface area contributed by atoms with E-state index in [1.165, 1.54) is 0 Å². The van der Waals surface area contributed by atoms with E-state index in [0.717, 1.165) is 37.6 Å². The van der Waals surface area contributed by atoms with Crippen molar-refractivity contribution in [2.45, 2.75) is 13.0 Å². The van der Waals surface area contributed by atoms with Gasteiger partial charge in [-0.1, -0.05) is 0 Å². The molecule has 0 saturated carbocycles. The van der Waals surface area contributed by atoms with Crippen LogP contribution in [0, 0.1) is 0 Å². The summed E-state index contributed by atoms with van der Waals surface area (Å²) in [6.07, 6.45) is 3.61. The van der Waals surface area contributed by atoms with Gasteiger partial charge in [0, 0.05) is 38.4 Å². The molecule has 3 heterocycles. The Morgan fingerprint density at radius 3 is 2.75 bits per heavy atom. The number of aromatic nitrogens is 3. The molecule has 2 aromatic rings. The summed E-state index contributed by atoms with van der Waals surface area (Å²) in [5.41, 5.74) is 0.823. The van der Waals surface area contributed by atoms with E-state index in [-0.39, 0.29) is 0 Å². The first-order chi connectivity index (χ1) is 9.65. The molecule has 0 aromatic carbocycles. The molecule has 7 nitrogen and oxygen atoms in total. The average molecular weight is 275 g/mol. The summed E-state index contributed by atoms with van der Waals surface area (Å²) < 4.78 is 1.73. The monoisotopic (exact) mass is 275 g/mol. The molecule has 7 heteroatoms. The summed E-state index contributed by atoms with van der Waals surface area (Å²) >= 11 is 0. The van der Waals surface area contributed by atoms with E-state index in [1.807, 2.05) is 23.2 Å². The molecule has 0 radical (unpaired) electrons. The smallest absolute Gasteiger partial charge is 0.320 e. The molecule has 1 N–H and O–H groups in total. The van der Waals surface area contributed by atoms with Crippen molar-refractivity contribution in [3.63, 3.8) is 0 Å². The number of fused-ring (bicyclic) bond motifs is 1. The van der Waals surface area contributed by atoms with Crippen molar-refractivity contribution in [1.29, 1.82) is 0 Å². The summed E-state index contributed by atoms with van der Waals surface area (Å²) in [5.74, 6) is 0.151. The average Bonchev–Trinajstić information content (AvgIpc) is 2.94. The lowest BCUT2D eigenvalue weighted by Gasteiger charge is -2.37. The lowest BCUT2D eigenvalue weighted by molar-refractivity contribution is -0.142. The second-order valence-electron chi connectivity index (χ2n) is 4.96. The lowest BCUT2D eigenvalue weighted by Crippen LogP contribution is -2.52. The van der Waals surface area contributed by atoms with Crippen molar-refractivity contribution in [3.8, 4) is 0 Å². The summed E-state index contributed by atoms with van der Waals surface area (Å²) in [4.78, 5) is 19.7. The Morgan fingerprint density at radius 2 is 2.05 bits per heavy atom. The van der Waals surface area contributed by atoms with Crippen LogP contribution in [0.5, 0.6) is 0 Å². The molecular weight excluding hydrogens is 258 g/mol. The van der Waals surface area contributed by atoms with Gasteiger partial charge in [-0.2, -0.15) is 5.10 Å². The third-order valence-corrected chi connectivity index (χ3v) is 3.79. The highest BCUT2D eigenvalue weighted by atomic mass is 16.4. The van der Waals surface area contributed by atoms with Crippen molar-refractivity contribution >= 4 is 17.4 Å². The summed E-state index contributed by atoms with van der Waals surface area (Å²) in [7, 11) is 0. The van der Waals surface area contributed by atoms with Gasteiger partial charge in [-0.15, -0.1) is 0 Å². The number of carboxylic acid groups (broad SMARTS) is 1. The van der Waals surface area contributed by atoms with Crippen molar-refractivity contribution in [2.75, 3.05) is 31.1 Å². The van der Waals surface area contributed by atoms with Gasteiger partial charge in [0.25, 0.3) is 0 Å². The third kappa shape index (κ3) is 2.32. The Hall–Kier alpha value is -2.15. The van der Waals surface area contributed by atoms with Gasteiger partial charge in [0.15, 0.2) is 5.65 Å². The van der Waals surface area contributed by atoms with Gasteiger partial charge < -0.3 is 10.0 Å². The van der Waals surface area contributed by atoms with Crippen LogP contribution in [0.1, 0.15) is 6.92 Å².